The molecule has 196 valence electrons. The summed E-state index contributed by atoms with van der Waals surface area (Å²) in [5, 5.41) is 26.9. The number of hydrogen-bond acceptors (Lipinski definition) is 7. The van der Waals surface area contributed by atoms with E-state index in [-0.39, 0.29) is 12.8 Å². The molecule has 3 amide bonds. The molecule has 0 radical (unpaired) electrons. The zero-order valence-electron chi connectivity index (χ0n) is 19.9. The maximum absolute atomic E-state index is 13.0. The van der Waals surface area contributed by atoms with Crippen molar-refractivity contribution in [1.29, 1.82) is 0 Å². The van der Waals surface area contributed by atoms with Crippen molar-refractivity contribution in [3.63, 3.8) is 0 Å². The molecule has 4 atom stereocenters. The Morgan fingerprint density at radius 1 is 0.972 bits per heavy atom. The van der Waals surface area contributed by atoms with Crippen LogP contribution in [0.1, 0.15) is 25.3 Å². The van der Waals surface area contributed by atoms with Gasteiger partial charge in [0.1, 0.15) is 18.1 Å². The van der Waals surface area contributed by atoms with Gasteiger partial charge >= 0.3 is 11.9 Å². The van der Waals surface area contributed by atoms with E-state index >= 15 is 0 Å². The van der Waals surface area contributed by atoms with E-state index in [0.717, 1.165) is 10.9 Å². The Hall–Kier alpha value is -3.58. The number of hydrogen-bond donors (Lipinski definition) is 7. The molecule has 0 saturated heterocycles. The predicted molar refractivity (Wildman–Crippen MR) is 134 cm³/mol. The molecule has 0 bridgehead atoms. The van der Waals surface area contributed by atoms with E-state index in [9.17, 15) is 29.1 Å². The number of nitrogens with two attached hydrogens (primary N) is 1. The molecule has 0 fully saturated rings. The highest BCUT2D eigenvalue weighted by atomic mass is 32.2. The molecular weight excluding hydrogens is 490 g/mol. The molecule has 0 spiro atoms. The number of fused-ring (bicyclic) bond motifs is 1. The van der Waals surface area contributed by atoms with Crippen molar-refractivity contribution in [2.24, 2.45) is 5.73 Å². The van der Waals surface area contributed by atoms with E-state index in [2.05, 4.69) is 20.9 Å². The Morgan fingerprint density at radius 2 is 1.58 bits per heavy atom. The molecule has 0 aliphatic rings. The van der Waals surface area contributed by atoms with Gasteiger partial charge in [0.15, 0.2) is 0 Å². The Bertz CT molecular complexity index is 1100. The third-order valence-corrected chi connectivity index (χ3v) is 6.03. The molecule has 1 heterocycles. The molecule has 8 N–H and O–H groups in total. The highest BCUT2D eigenvalue weighted by molar-refractivity contribution is 7.98. The highest BCUT2D eigenvalue weighted by Crippen LogP contribution is 2.19. The van der Waals surface area contributed by atoms with Gasteiger partial charge in [0.2, 0.25) is 17.7 Å². The number of rotatable bonds is 14. The fraction of sp³-hybridized carbons (Fsp3) is 0.435. The van der Waals surface area contributed by atoms with Crippen LogP contribution in [0.4, 0.5) is 0 Å². The number of para-hydroxylation sites is 1. The Kier molecular flexibility index (Phi) is 10.7. The number of carbonyl (C=O) groups is 5. The van der Waals surface area contributed by atoms with Gasteiger partial charge in [-0.3, -0.25) is 19.2 Å². The van der Waals surface area contributed by atoms with Crippen LogP contribution in [-0.2, 0) is 30.4 Å². The Balaban J connectivity index is 2.17. The van der Waals surface area contributed by atoms with Gasteiger partial charge < -0.3 is 36.9 Å². The first-order valence-corrected chi connectivity index (χ1v) is 12.6. The van der Waals surface area contributed by atoms with E-state index in [1.54, 1.807) is 12.5 Å². The monoisotopic (exact) mass is 521 g/mol. The molecule has 0 aliphatic carbocycles. The standard InChI is InChI=1S/C23H31N5O7S/c1-12(24)20(31)27-17(10-19(29)30)22(33)26-16(7-8-36-2)21(32)28-18(23(34)35)9-13-11-25-15-6-4-3-5-14(13)15/h3-6,11-12,16-18,25H,7-10,24H2,1-2H3,(H,26,33)(H,27,31)(H,28,32)(H,29,30)(H,34,35). The van der Waals surface area contributed by atoms with Crippen molar-refractivity contribution in [2.45, 2.75) is 50.4 Å². The van der Waals surface area contributed by atoms with E-state index in [4.69, 9.17) is 10.8 Å². The quantitative estimate of drug-likeness (QED) is 0.176. The van der Waals surface area contributed by atoms with Gasteiger partial charge in [-0.2, -0.15) is 11.8 Å². The number of aliphatic carboxylic acids is 2. The first kappa shape index (κ1) is 28.7. The molecule has 36 heavy (non-hydrogen) atoms. The minimum atomic E-state index is -1.47. The number of H-pyrrole nitrogens is 1. The minimum absolute atomic E-state index is 0.000363. The second-order valence-electron chi connectivity index (χ2n) is 8.25. The summed E-state index contributed by atoms with van der Waals surface area (Å²) in [6, 6.07) is 2.46. The summed E-state index contributed by atoms with van der Waals surface area (Å²) in [6.45, 7) is 1.37. The van der Waals surface area contributed by atoms with Gasteiger partial charge in [0, 0.05) is 23.5 Å². The lowest BCUT2D eigenvalue weighted by molar-refractivity contribution is -0.143. The van der Waals surface area contributed by atoms with Crippen molar-refractivity contribution in [3.8, 4) is 0 Å². The van der Waals surface area contributed by atoms with Gasteiger partial charge in [0.25, 0.3) is 0 Å². The van der Waals surface area contributed by atoms with Gasteiger partial charge in [-0.25, -0.2) is 4.79 Å². The van der Waals surface area contributed by atoms with Crippen LogP contribution in [0.2, 0.25) is 0 Å². The van der Waals surface area contributed by atoms with Gasteiger partial charge in [-0.05, 0) is 37.0 Å². The van der Waals surface area contributed by atoms with Gasteiger partial charge in [-0.1, -0.05) is 18.2 Å². The van der Waals surface area contributed by atoms with E-state index in [1.807, 2.05) is 24.3 Å². The van der Waals surface area contributed by atoms with Gasteiger partial charge in [-0.15, -0.1) is 0 Å². The molecular formula is C23H31N5O7S. The van der Waals surface area contributed by atoms with Crippen LogP contribution in [-0.4, -0.2) is 81.0 Å². The average molecular weight is 522 g/mol. The number of aromatic amines is 1. The third-order valence-electron chi connectivity index (χ3n) is 5.38. The number of amides is 3. The molecule has 12 nitrogen and oxygen atoms in total. The number of carbonyl (C=O) groups excluding carboxylic acids is 3. The second-order valence-corrected chi connectivity index (χ2v) is 9.24. The van der Waals surface area contributed by atoms with Crippen molar-refractivity contribution in [2.75, 3.05) is 12.0 Å². The van der Waals surface area contributed by atoms with E-state index in [0.29, 0.717) is 11.3 Å². The summed E-state index contributed by atoms with van der Waals surface area (Å²) in [4.78, 5) is 64.0. The van der Waals surface area contributed by atoms with Crippen LogP contribution in [0.25, 0.3) is 10.9 Å². The fourth-order valence-corrected chi connectivity index (χ4v) is 3.93. The summed E-state index contributed by atoms with van der Waals surface area (Å²) >= 11 is 1.41. The van der Waals surface area contributed by atoms with E-state index in [1.165, 1.54) is 18.7 Å². The zero-order valence-corrected chi connectivity index (χ0v) is 20.8. The van der Waals surface area contributed by atoms with Crippen LogP contribution in [0.5, 0.6) is 0 Å². The lowest BCUT2D eigenvalue weighted by Gasteiger charge is -2.24. The van der Waals surface area contributed by atoms with E-state index < -0.39 is 60.2 Å². The average Bonchev–Trinajstić information content (AvgIpc) is 3.22. The first-order valence-electron chi connectivity index (χ1n) is 11.2. The summed E-state index contributed by atoms with van der Waals surface area (Å²) in [7, 11) is 0. The topological polar surface area (TPSA) is 204 Å². The van der Waals surface area contributed by atoms with Crippen molar-refractivity contribution in [3.05, 3.63) is 36.0 Å². The summed E-state index contributed by atoms with van der Waals surface area (Å²) in [5.41, 5.74) is 7.01. The third kappa shape index (κ3) is 8.27. The maximum Gasteiger partial charge on any atom is 0.326 e. The molecule has 2 aromatic rings. The lowest BCUT2D eigenvalue weighted by Crippen LogP contribution is -2.57. The summed E-state index contributed by atoms with van der Waals surface area (Å²) in [6.07, 6.45) is 2.90. The van der Waals surface area contributed by atoms with Crippen LogP contribution in [0.15, 0.2) is 30.5 Å². The van der Waals surface area contributed by atoms with Gasteiger partial charge in [0.05, 0.1) is 12.5 Å². The van der Waals surface area contributed by atoms with Crippen molar-refractivity contribution >= 4 is 52.3 Å². The molecule has 0 aliphatic heterocycles. The normalized spacial score (nSPS) is 14.3. The SMILES string of the molecule is CSCCC(NC(=O)C(CC(=O)O)NC(=O)C(C)N)C(=O)NC(Cc1c[nH]c2ccccc12)C(=O)O. The number of benzene rings is 1. The zero-order chi connectivity index (χ0) is 26.8. The smallest absolute Gasteiger partial charge is 0.326 e. The minimum Gasteiger partial charge on any atom is -0.481 e. The van der Waals surface area contributed by atoms with Crippen molar-refractivity contribution in [1.82, 2.24) is 20.9 Å². The van der Waals surface area contributed by atoms with Crippen LogP contribution < -0.4 is 21.7 Å². The highest BCUT2D eigenvalue weighted by Gasteiger charge is 2.31. The number of nitrogens with one attached hydrogen (secondary N) is 4. The molecule has 1 aromatic heterocycles. The molecule has 4 unspecified atom stereocenters. The molecule has 0 saturated carbocycles. The number of carboxylic acids is 2. The number of aromatic nitrogens is 1. The summed E-state index contributed by atoms with van der Waals surface area (Å²) < 4.78 is 0. The second kappa shape index (κ2) is 13.5. The summed E-state index contributed by atoms with van der Waals surface area (Å²) in [5.74, 6) is -4.50. The first-order chi connectivity index (χ1) is 17.0. The number of thioether (sulfide) groups is 1. The maximum atomic E-state index is 13.0. The largest absolute Gasteiger partial charge is 0.481 e. The van der Waals surface area contributed by atoms with Crippen LogP contribution in [0.3, 0.4) is 0 Å². The fourth-order valence-electron chi connectivity index (χ4n) is 3.46. The molecule has 13 heteroatoms. The molecule has 2 rings (SSSR count). The van der Waals surface area contributed by atoms with Crippen LogP contribution >= 0.6 is 11.8 Å². The molecule has 1 aromatic carbocycles. The Labute approximate surface area is 211 Å². The van der Waals surface area contributed by atoms with Crippen LogP contribution in [0, 0.1) is 0 Å². The van der Waals surface area contributed by atoms with Crippen molar-refractivity contribution < 1.29 is 34.2 Å². The number of carboxylic acid groups (broad SMARTS) is 2. The predicted octanol–water partition coefficient (Wildman–Crippen LogP) is -0.176. The Morgan fingerprint density at radius 3 is 2.19 bits per heavy atom. The lowest BCUT2D eigenvalue weighted by atomic mass is 10.0.